The van der Waals surface area contributed by atoms with E-state index < -0.39 is 0 Å². The highest BCUT2D eigenvalue weighted by molar-refractivity contribution is 6.27. The summed E-state index contributed by atoms with van der Waals surface area (Å²) in [6.45, 7) is 0. The molecule has 0 bridgehead atoms. The molecule has 9 heavy (non-hydrogen) atoms. The van der Waals surface area contributed by atoms with Crippen molar-refractivity contribution < 1.29 is 4.98 Å². The topological polar surface area (TPSA) is 56.5 Å². The van der Waals surface area contributed by atoms with Gasteiger partial charge in [0.1, 0.15) is 6.20 Å². The average molecular weight is 145 g/mol. The fraction of sp³-hybridized carbons (Fsp3) is 0. The quantitative estimate of drug-likeness (QED) is 0.435. The molecule has 0 fully saturated rings. The van der Waals surface area contributed by atoms with Gasteiger partial charge in [0.25, 0.3) is 0 Å². The van der Waals surface area contributed by atoms with Crippen molar-refractivity contribution in [3.05, 3.63) is 22.6 Å². The Morgan fingerprint density at radius 2 is 2.56 bits per heavy atom. The number of nitrogens with zero attached hydrogens (tertiary/aromatic N) is 2. The van der Waals surface area contributed by atoms with E-state index in [2.05, 4.69) is 15.1 Å². The number of hydrogen-bond donors (Lipinski definition) is 0. The molecule has 0 aromatic carbocycles. The highest BCUT2D eigenvalue weighted by Gasteiger charge is 1.99. The first-order valence-electron chi connectivity index (χ1n) is 2.19. The van der Waals surface area contributed by atoms with E-state index in [-0.39, 0.29) is 11.0 Å². The number of rotatable bonds is 1. The zero-order valence-corrected chi connectivity index (χ0v) is 5.09. The van der Waals surface area contributed by atoms with Gasteiger partial charge < -0.3 is 0 Å². The molecule has 0 radical (unpaired) electrons. The molecule has 0 aliphatic rings. The van der Waals surface area contributed by atoms with Gasteiger partial charge in [-0.1, -0.05) is 0 Å². The molecule has 4 nitrogen and oxygen atoms in total. The summed E-state index contributed by atoms with van der Waals surface area (Å²) in [4.78, 5) is 15.8. The van der Waals surface area contributed by atoms with Crippen molar-refractivity contribution >= 4 is 17.3 Å². The SMILES string of the molecule is O=Nc1cnc(Cl)[nH+]c1. The Morgan fingerprint density at radius 3 is 3.00 bits per heavy atom. The monoisotopic (exact) mass is 144 g/mol. The second-order valence-corrected chi connectivity index (χ2v) is 1.71. The first kappa shape index (κ1) is 6.10. The van der Waals surface area contributed by atoms with Crippen molar-refractivity contribution in [1.29, 1.82) is 0 Å². The predicted octanol–water partition coefficient (Wildman–Crippen LogP) is 0.947. The van der Waals surface area contributed by atoms with E-state index in [0.717, 1.165) is 0 Å². The van der Waals surface area contributed by atoms with Crippen LogP contribution in [0, 0.1) is 4.91 Å². The van der Waals surface area contributed by atoms with E-state index in [9.17, 15) is 4.91 Å². The Labute approximate surface area is 55.9 Å². The van der Waals surface area contributed by atoms with Crippen LogP contribution in [0.3, 0.4) is 0 Å². The van der Waals surface area contributed by atoms with Gasteiger partial charge in [0.2, 0.25) is 0 Å². The fourth-order valence-corrected chi connectivity index (χ4v) is 0.484. The first-order valence-corrected chi connectivity index (χ1v) is 2.57. The van der Waals surface area contributed by atoms with Crippen molar-refractivity contribution in [3.63, 3.8) is 0 Å². The van der Waals surface area contributed by atoms with Gasteiger partial charge in [-0.05, 0) is 10.2 Å². The maximum absolute atomic E-state index is 9.76. The summed E-state index contributed by atoms with van der Waals surface area (Å²) >= 11 is 5.36. The van der Waals surface area contributed by atoms with Crippen LogP contribution in [0.1, 0.15) is 0 Å². The van der Waals surface area contributed by atoms with Crippen molar-refractivity contribution in [1.82, 2.24) is 4.98 Å². The molecular weight excluding hydrogens is 142 g/mol. The highest BCUT2D eigenvalue weighted by Crippen LogP contribution is 2.04. The van der Waals surface area contributed by atoms with E-state index in [0.29, 0.717) is 0 Å². The molecule has 1 rings (SSSR count). The van der Waals surface area contributed by atoms with Crippen molar-refractivity contribution in [2.45, 2.75) is 0 Å². The maximum atomic E-state index is 9.76. The Morgan fingerprint density at radius 1 is 1.78 bits per heavy atom. The smallest absolute Gasteiger partial charge is 0.231 e. The Balaban J connectivity index is 3.01. The van der Waals surface area contributed by atoms with Crippen LogP contribution in [0.2, 0.25) is 5.28 Å². The average Bonchev–Trinajstić information content (AvgIpc) is 1.90. The molecule has 0 unspecified atom stereocenters. The summed E-state index contributed by atoms with van der Waals surface area (Å²) in [7, 11) is 0. The molecule has 0 saturated carbocycles. The van der Waals surface area contributed by atoms with Crippen LogP contribution in [-0.4, -0.2) is 4.98 Å². The van der Waals surface area contributed by atoms with Gasteiger partial charge in [0.15, 0.2) is 11.9 Å². The van der Waals surface area contributed by atoms with Crippen molar-refractivity contribution in [2.24, 2.45) is 5.18 Å². The second kappa shape index (κ2) is 2.50. The zero-order valence-electron chi connectivity index (χ0n) is 4.34. The minimum Gasteiger partial charge on any atom is -0.231 e. The van der Waals surface area contributed by atoms with Gasteiger partial charge in [-0.25, -0.2) is 4.98 Å². The van der Waals surface area contributed by atoms with E-state index in [4.69, 9.17) is 11.6 Å². The molecule has 0 aliphatic heterocycles. The highest BCUT2D eigenvalue weighted by atomic mass is 35.5. The van der Waals surface area contributed by atoms with Gasteiger partial charge in [0, 0.05) is 11.6 Å². The third-order valence-electron chi connectivity index (χ3n) is 0.755. The van der Waals surface area contributed by atoms with Crippen LogP contribution in [-0.2, 0) is 0 Å². The summed E-state index contributed by atoms with van der Waals surface area (Å²) in [5.74, 6) is 0. The minimum absolute atomic E-state index is 0.236. The van der Waals surface area contributed by atoms with E-state index >= 15 is 0 Å². The van der Waals surface area contributed by atoms with Crippen LogP contribution in [0.4, 0.5) is 5.69 Å². The predicted molar refractivity (Wildman–Crippen MR) is 31.3 cm³/mol. The van der Waals surface area contributed by atoms with Crippen LogP contribution < -0.4 is 4.98 Å². The van der Waals surface area contributed by atoms with Gasteiger partial charge >= 0.3 is 5.28 Å². The molecule has 0 atom stereocenters. The maximum Gasteiger partial charge on any atom is 0.393 e. The summed E-state index contributed by atoms with van der Waals surface area (Å²) < 4.78 is 0. The lowest BCUT2D eigenvalue weighted by Crippen LogP contribution is -2.02. The second-order valence-electron chi connectivity index (χ2n) is 1.35. The molecule has 1 aromatic heterocycles. The zero-order chi connectivity index (χ0) is 6.69. The molecule has 0 spiro atoms. The van der Waals surface area contributed by atoms with Crippen LogP contribution in [0.5, 0.6) is 0 Å². The van der Waals surface area contributed by atoms with E-state index in [1.165, 1.54) is 12.4 Å². The number of hydrogen-bond acceptors (Lipinski definition) is 3. The number of aromatic amines is 1. The largest absolute Gasteiger partial charge is 0.393 e. The van der Waals surface area contributed by atoms with Gasteiger partial charge in [-0.2, -0.15) is 0 Å². The molecule has 46 valence electrons. The molecule has 1 N–H and O–H groups in total. The molecule has 1 heterocycles. The lowest BCUT2D eigenvalue weighted by molar-refractivity contribution is -0.379. The number of halogens is 1. The Bertz CT molecular complexity index is 210. The lowest BCUT2D eigenvalue weighted by atomic mass is 10.6. The summed E-state index contributed by atoms with van der Waals surface area (Å²) in [5, 5.41) is 2.85. The molecule has 1 aromatic rings. The molecule has 0 aliphatic carbocycles. The minimum atomic E-state index is 0.236. The van der Waals surface area contributed by atoms with Gasteiger partial charge in [-0.15, -0.1) is 4.91 Å². The van der Waals surface area contributed by atoms with Crippen molar-refractivity contribution in [2.75, 3.05) is 0 Å². The van der Waals surface area contributed by atoms with Crippen LogP contribution in [0.25, 0.3) is 0 Å². The molecule has 5 heteroatoms. The number of aromatic nitrogens is 2. The number of nitrogens with one attached hydrogen (secondary N) is 1. The molecule has 0 saturated heterocycles. The van der Waals surface area contributed by atoms with Crippen LogP contribution in [0.15, 0.2) is 17.6 Å². The lowest BCUT2D eigenvalue weighted by Gasteiger charge is -1.76. The third-order valence-corrected chi connectivity index (χ3v) is 0.961. The Kier molecular flexibility index (Phi) is 1.69. The fourth-order valence-electron chi connectivity index (χ4n) is 0.381. The summed E-state index contributed by atoms with van der Waals surface area (Å²) in [6.07, 6.45) is 2.66. The number of H-pyrrole nitrogens is 1. The third kappa shape index (κ3) is 1.43. The molecular formula is C4H3ClN3O+. The standard InChI is InChI=1S/C4H2ClN3O/c5-4-6-1-3(8-9)2-7-4/h1-2H/p+1. The number of nitroso groups, excluding NO2 is 1. The molecule has 0 amide bonds. The van der Waals surface area contributed by atoms with Gasteiger partial charge in [-0.3, -0.25) is 0 Å². The van der Waals surface area contributed by atoms with E-state index in [1.54, 1.807) is 0 Å². The summed E-state index contributed by atoms with van der Waals surface area (Å²) in [6, 6.07) is 0. The van der Waals surface area contributed by atoms with Crippen LogP contribution >= 0.6 is 11.6 Å². The first-order chi connectivity index (χ1) is 4.33. The Hall–Kier alpha value is -1.03. The summed E-state index contributed by atoms with van der Waals surface area (Å²) in [5.41, 5.74) is 0.236. The van der Waals surface area contributed by atoms with Gasteiger partial charge in [0.05, 0.1) is 0 Å². The van der Waals surface area contributed by atoms with E-state index in [1.807, 2.05) is 0 Å². The normalized spacial score (nSPS) is 9.00. The van der Waals surface area contributed by atoms with Crippen molar-refractivity contribution in [3.8, 4) is 0 Å².